The van der Waals surface area contributed by atoms with E-state index in [1.165, 1.54) is 0 Å². The van der Waals surface area contributed by atoms with Gasteiger partial charge in [0.1, 0.15) is 6.04 Å². The molecule has 2 saturated heterocycles. The first-order chi connectivity index (χ1) is 11.3. The molecule has 0 saturated carbocycles. The van der Waals surface area contributed by atoms with Crippen LogP contribution in [-0.2, 0) is 9.59 Å². The average Bonchev–Trinajstić information content (AvgIpc) is 2.50. The molecule has 0 bridgehead atoms. The van der Waals surface area contributed by atoms with Gasteiger partial charge in [-0.05, 0) is 25.7 Å². The summed E-state index contributed by atoms with van der Waals surface area (Å²) in [5.74, 6) is 0.0904. The zero-order valence-corrected chi connectivity index (χ0v) is 14.3. The summed E-state index contributed by atoms with van der Waals surface area (Å²) in [5.41, 5.74) is 0. The van der Waals surface area contributed by atoms with Crippen LogP contribution in [0.2, 0.25) is 0 Å². The lowest BCUT2D eigenvalue weighted by molar-refractivity contribution is -0.141. The lowest BCUT2D eigenvalue weighted by Crippen LogP contribution is -2.57. The third-order valence-corrected chi connectivity index (χ3v) is 4.80. The largest absolute Gasteiger partial charge is 0.465 e. The fraction of sp³-hybridized carbons (Fsp3) is 0.812. The first-order valence-corrected chi connectivity index (χ1v) is 8.53. The Hall–Kier alpha value is -1.83. The molecular formula is C16H27N3O5. The van der Waals surface area contributed by atoms with Gasteiger partial charge in [-0.1, -0.05) is 6.92 Å². The number of piperidine rings is 1. The second-order valence-corrected chi connectivity index (χ2v) is 6.87. The molecule has 2 aliphatic heterocycles. The van der Waals surface area contributed by atoms with Gasteiger partial charge in [-0.2, -0.15) is 0 Å². The fourth-order valence-corrected chi connectivity index (χ4v) is 3.51. The summed E-state index contributed by atoms with van der Waals surface area (Å²) >= 11 is 0. The number of hydrogen-bond acceptors (Lipinski definition) is 4. The van der Waals surface area contributed by atoms with Gasteiger partial charge in [0.25, 0.3) is 0 Å². The predicted molar refractivity (Wildman–Crippen MR) is 86.4 cm³/mol. The van der Waals surface area contributed by atoms with E-state index in [2.05, 4.69) is 0 Å². The third-order valence-electron chi connectivity index (χ3n) is 4.80. The maximum absolute atomic E-state index is 12.2. The minimum atomic E-state index is -1.08. The number of nitrogens with zero attached hydrogens (tertiary/aromatic N) is 3. The number of carbonyl (C=O) groups excluding carboxylic acids is 2. The van der Waals surface area contributed by atoms with Crippen LogP contribution in [0, 0.1) is 5.92 Å². The van der Waals surface area contributed by atoms with Gasteiger partial charge < -0.3 is 20.0 Å². The van der Waals surface area contributed by atoms with E-state index in [-0.39, 0.29) is 11.8 Å². The van der Waals surface area contributed by atoms with Gasteiger partial charge in [0.2, 0.25) is 11.8 Å². The number of piperazine rings is 1. The van der Waals surface area contributed by atoms with Crippen LogP contribution in [0.15, 0.2) is 0 Å². The van der Waals surface area contributed by atoms with Crippen molar-refractivity contribution in [1.82, 2.24) is 14.7 Å². The zero-order valence-electron chi connectivity index (χ0n) is 14.3. The van der Waals surface area contributed by atoms with Crippen LogP contribution < -0.4 is 0 Å². The van der Waals surface area contributed by atoms with Gasteiger partial charge in [-0.25, -0.2) is 4.79 Å². The van der Waals surface area contributed by atoms with Gasteiger partial charge in [-0.3, -0.25) is 14.5 Å². The molecule has 0 aromatic heterocycles. The van der Waals surface area contributed by atoms with Gasteiger partial charge in [0.15, 0.2) is 0 Å². The summed E-state index contributed by atoms with van der Waals surface area (Å²) in [7, 11) is 0. The van der Waals surface area contributed by atoms with Crippen molar-refractivity contribution >= 4 is 17.9 Å². The molecule has 3 atom stereocenters. The predicted octanol–water partition coefficient (Wildman–Crippen LogP) is 0.207. The molecule has 136 valence electrons. The minimum absolute atomic E-state index is 0.00488. The normalized spacial score (nSPS) is 28.2. The standard InChI is InChI=1S/C16H27N3O5/c1-11-8-13(20)10-18(9-11)14(21)4-3-5-17-6-7-19(16(23)24)12(2)15(17)22/h11-13,20H,3-10H2,1-2H3,(H,23,24)/t11-,12-,13-/m0/s1. The van der Waals surface area contributed by atoms with E-state index in [4.69, 9.17) is 5.11 Å². The number of likely N-dealkylation sites (tertiary alicyclic amines) is 1. The summed E-state index contributed by atoms with van der Waals surface area (Å²) in [6.07, 6.45) is 0.0722. The number of β-amino-alcohol motifs (C(OH)–C–C–N with tert-alkyl or cyclic N) is 1. The summed E-state index contributed by atoms with van der Waals surface area (Å²) in [5, 5.41) is 18.8. The van der Waals surface area contributed by atoms with Gasteiger partial charge in [0, 0.05) is 39.1 Å². The SMILES string of the molecule is C[C@H]1C[C@H](O)CN(C(=O)CCCN2CCN(C(=O)O)[C@@H](C)C2=O)C1. The van der Waals surface area contributed by atoms with E-state index >= 15 is 0 Å². The molecule has 24 heavy (non-hydrogen) atoms. The lowest BCUT2D eigenvalue weighted by atomic mass is 9.97. The van der Waals surface area contributed by atoms with Crippen molar-refractivity contribution in [2.24, 2.45) is 5.92 Å². The van der Waals surface area contributed by atoms with E-state index in [9.17, 15) is 19.5 Å². The Morgan fingerprint density at radius 3 is 2.54 bits per heavy atom. The molecule has 2 fully saturated rings. The Kier molecular flexibility index (Phi) is 6.04. The van der Waals surface area contributed by atoms with Crippen molar-refractivity contribution in [2.45, 2.75) is 45.3 Å². The number of aliphatic hydroxyl groups excluding tert-OH is 1. The molecule has 8 heteroatoms. The maximum atomic E-state index is 12.2. The molecule has 0 unspecified atom stereocenters. The maximum Gasteiger partial charge on any atom is 0.408 e. The van der Waals surface area contributed by atoms with Crippen LogP contribution >= 0.6 is 0 Å². The van der Waals surface area contributed by atoms with Crippen LogP contribution in [-0.4, -0.2) is 87.7 Å². The number of amides is 3. The molecule has 2 heterocycles. The summed E-state index contributed by atoms with van der Waals surface area (Å²) < 4.78 is 0. The first kappa shape index (κ1) is 18.5. The van der Waals surface area contributed by atoms with Gasteiger partial charge >= 0.3 is 6.09 Å². The second kappa shape index (κ2) is 7.83. The number of carboxylic acid groups (broad SMARTS) is 1. The van der Waals surface area contributed by atoms with Crippen LogP contribution in [0.5, 0.6) is 0 Å². The molecule has 2 N–H and O–H groups in total. The Morgan fingerprint density at radius 2 is 1.92 bits per heavy atom. The summed E-state index contributed by atoms with van der Waals surface area (Å²) in [6.45, 7) is 5.78. The van der Waals surface area contributed by atoms with Crippen LogP contribution in [0.4, 0.5) is 4.79 Å². The number of rotatable bonds is 4. The smallest absolute Gasteiger partial charge is 0.408 e. The van der Waals surface area contributed by atoms with Crippen molar-refractivity contribution in [2.75, 3.05) is 32.7 Å². The molecule has 0 aromatic rings. The van der Waals surface area contributed by atoms with Crippen molar-refractivity contribution in [3.63, 3.8) is 0 Å². The summed E-state index contributed by atoms with van der Waals surface area (Å²) in [6, 6.07) is -0.676. The highest BCUT2D eigenvalue weighted by molar-refractivity contribution is 5.86. The van der Waals surface area contributed by atoms with E-state index < -0.39 is 18.2 Å². The van der Waals surface area contributed by atoms with E-state index in [1.807, 2.05) is 6.92 Å². The molecule has 0 spiro atoms. The van der Waals surface area contributed by atoms with Crippen molar-refractivity contribution in [3.05, 3.63) is 0 Å². The van der Waals surface area contributed by atoms with Crippen LogP contribution in [0.1, 0.15) is 33.1 Å². The number of aliphatic hydroxyl groups is 1. The topological polar surface area (TPSA) is 101 Å². The van der Waals surface area contributed by atoms with Crippen molar-refractivity contribution in [1.29, 1.82) is 0 Å². The molecule has 0 aliphatic carbocycles. The number of hydrogen-bond donors (Lipinski definition) is 2. The highest BCUT2D eigenvalue weighted by atomic mass is 16.4. The molecule has 2 rings (SSSR count). The van der Waals surface area contributed by atoms with E-state index in [0.717, 1.165) is 11.3 Å². The average molecular weight is 341 g/mol. The number of carbonyl (C=O) groups is 3. The van der Waals surface area contributed by atoms with Gasteiger partial charge in [-0.15, -0.1) is 0 Å². The quantitative estimate of drug-likeness (QED) is 0.761. The van der Waals surface area contributed by atoms with E-state index in [1.54, 1.807) is 16.7 Å². The zero-order chi connectivity index (χ0) is 17.9. The van der Waals surface area contributed by atoms with Crippen LogP contribution in [0.3, 0.4) is 0 Å². The summed E-state index contributed by atoms with van der Waals surface area (Å²) in [4.78, 5) is 39.9. The van der Waals surface area contributed by atoms with E-state index in [0.29, 0.717) is 51.5 Å². The highest BCUT2D eigenvalue weighted by Crippen LogP contribution is 2.18. The Labute approximate surface area is 142 Å². The Morgan fingerprint density at radius 1 is 1.21 bits per heavy atom. The molecule has 2 aliphatic rings. The minimum Gasteiger partial charge on any atom is -0.465 e. The fourth-order valence-electron chi connectivity index (χ4n) is 3.51. The van der Waals surface area contributed by atoms with Crippen molar-refractivity contribution in [3.8, 4) is 0 Å². The molecule has 0 radical (unpaired) electrons. The highest BCUT2D eigenvalue weighted by Gasteiger charge is 2.34. The monoisotopic (exact) mass is 341 g/mol. The molecule has 8 nitrogen and oxygen atoms in total. The van der Waals surface area contributed by atoms with Crippen molar-refractivity contribution < 1.29 is 24.6 Å². The second-order valence-electron chi connectivity index (χ2n) is 6.87. The molecule has 3 amide bonds. The van der Waals surface area contributed by atoms with Crippen LogP contribution in [0.25, 0.3) is 0 Å². The lowest BCUT2D eigenvalue weighted by Gasteiger charge is -2.37. The molecule has 0 aromatic carbocycles. The molecular weight excluding hydrogens is 314 g/mol. The Balaban J connectivity index is 1.77. The first-order valence-electron chi connectivity index (χ1n) is 8.53. The van der Waals surface area contributed by atoms with Gasteiger partial charge in [0.05, 0.1) is 6.10 Å². The third kappa shape index (κ3) is 4.37. The Bertz CT molecular complexity index is 488.